The Morgan fingerprint density at radius 3 is 1.47 bits per heavy atom. The molecule has 0 spiro atoms. The van der Waals surface area contributed by atoms with Crippen LogP contribution in [0, 0.1) is 10.8 Å². The van der Waals surface area contributed by atoms with Gasteiger partial charge in [-0.2, -0.15) is 0 Å². The van der Waals surface area contributed by atoms with Crippen molar-refractivity contribution in [2.75, 3.05) is 0 Å². The summed E-state index contributed by atoms with van der Waals surface area (Å²) in [6, 6.07) is 7.59. The summed E-state index contributed by atoms with van der Waals surface area (Å²) in [5.74, 6) is 0.459. The lowest BCUT2D eigenvalue weighted by Gasteiger charge is -2.37. The number of allylic oxidation sites excluding steroid dienone is 4. The maximum absolute atomic E-state index is 2.61. The van der Waals surface area contributed by atoms with Crippen molar-refractivity contribution in [1.29, 1.82) is 0 Å². The van der Waals surface area contributed by atoms with Crippen molar-refractivity contribution in [2.24, 2.45) is 10.8 Å². The first-order chi connectivity index (χ1) is 14.6. The highest BCUT2D eigenvalue weighted by atomic mass is 14.4. The molecule has 0 aromatic heterocycles. The number of rotatable bonds is 9. The average molecular weight is 437 g/mol. The van der Waals surface area contributed by atoms with E-state index in [0.29, 0.717) is 5.92 Å². The van der Waals surface area contributed by atoms with Gasteiger partial charge < -0.3 is 0 Å². The Morgan fingerprint density at radius 1 is 0.625 bits per heavy atom. The second-order valence-electron chi connectivity index (χ2n) is 12.9. The van der Waals surface area contributed by atoms with Crippen LogP contribution in [0.15, 0.2) is 41.5 Å². The molecule has 0 saturated heterocycles. The summed E-state index contributed by atoms with van der Waals surface area (Å²) in [4.78, 5) is 0. The van der Waals surface area contributed by atoms with Gasteiger partial charge in [0.15, 0.2) is 0 Å². The van der Waals surface area contributed by atoms with E-state index < -0.39 is 0 Å². The fourth-order valence-corrected chi connectivity index (χ4v) is 4.40. The second-order valence-corrected chi connectivity index (χ2v) is 12.9. The first-order valence-corrected chi connectivity index (χ1v) is 13.2. The number of hydrogen-bond donors (Lipinski definition) is 0. The van der Waals surface area contributed by atoms with Crippen LogP contribution in [0.3, 0.4) is 0 Å². The van der Waals surface area contributed by atoms with Crippen LogP contribution in [0.4, 0.5) is 0 Å². The third-order valence-corrected chi connectivity index (χ3v) is 9.28. The lowest BCUT2D eigenvalue weighted by atomic mass is 9.67. The molecule has 0 radical (unpaired) electrons. The summed E-state index contributed by atoms with van der Waals surface area (Å²) in [5.41, 5.74) is 8.52. The van der Waals surface area contributed by atoms with Gasteiger partial charge in [0.05, 0.1) is 0 Å². The van der Waals surface area contributed by atoms with Crippen molar-refractivity contribution in [1.82, 2.24) is 0 Å². The summed E-state index contributed by atoms with van der Waals surface area (Å²) in [6.07, 6.45) is 11.0. The highest BCUT2D eigenvalue weighted by molar-refractivity contribution is 5.45. The summed E-state index contributed by atoms with van der Waals surface area (Å²) >= 11 is 0. The van der Waals surface area contributed by atoms with Crippen molar-refractivity contribution in [3.05, 3.63) is 58.2 Å². The molecule has 1 aromatic rings. The van der Waals surface area contributed by atoms with E-state index in [1.807, 2.05) is 0 Å². The molecular formula is C32H52. The molecule has 0 fully saturated rings. The van der Waals surface area contributed by atoms with Crippen LogP contribution in [0.1, 0.15) is 138 Å². The van der Waals surface area contributed by atoms with Crippen molar-refractivity contribution in [3.63, 3.8) is 0 Å². The Labute approximate surface area is 201 Å². The maximum Gasteiger partial charge on any atom is 0.00616 e. The van der Waals surface area contributed by atoms with Gasteiger partial charge in [-0.05, 0) is 76.0 Å². The Hall–Kier alpha value is -1.30. The van der Waals surface area contributed by atoms with Gasteiger partial charge in [0.1, 0.15) is 0 Å². The number of benzene rings is 1. The van der Waals surface area contributed by atoms with E-state index in [-0.39, 0.29) is 21.7 Å². The molecule has 180 valence electrons. The highest BCUT2D eigenvalue weighted by Gasteiger charge is 2.32. The summed E-state index contributed by atoms with van der Waals surface area (Å²) in [6.45, 7) is 28.6. The normalized spacial score (nSPS) is 18.4. The molecule has 1 unspecified atom stereocenters. The molecular weight excluding hydrogens is 384 g/mol. The van der Waals surface area contributed by atoms with Crippen LogP contribution in [0.25, 0.3) is 0 Å². The van der Waals surface area contributed by atoms with E-state index in [1.54, 1.807) is 5.57 Å². The smallest absolute Gasteiger partial charge is 0.00616 e. The fourth-order valence-electron chi connectivity index (χ4n) is 4.40. The minimum atomic E-state index is 0.194. The molecule has 0 saturated carbocycles. The molecule has 32 heavy (non-hydrogen) atoms. The summed E-state index contributed by atoms with van der Waals surface area (Å²) in [7, 11) is 0. The summed E-state index contributed by atoms with van der Waals surface area (Å²) < 4.78 is 0. The quantitative estimate of drug-likeness (QED) is 0.361. The van der Waals surface area contributed by atoms with Gasteiger partial charge in [0.2, 0.25) is 0 Å². The lowest BCUT2D eigenvalue weighted by Crippen LogP contribution is -2.24. The van der Waals surface area contributed by atoms with E-state index in [4.69, 9.17) is 0 Å². The largest absolute Gasteiger partial charge is 0.0729 e. The lowest BCUT2D eigenvalue weighted by molar-refractivity contribution is 0.392. The predicted molar refractivity (Wildman–Crippen MR) is 145 cm³/mol. The monoisotopic (exact) mass is 436 g/mol. The minimum absolute atomic E-state index is 0.194. The zero-order valence-electron chi connectivity index (χ0n) is 23.5. The Balaban J connectivity index is 2.72. The summed E-state index contributed by atoms with van der Waals surface area (Å²) in [5, 5.41) is 0. The molecule has 0 bridgehead atoms. The first-order valence-electron chi connectivity index (χ1n) is 13.2. The Morgan fingerprint density at radius 2 is 1.06 bits per heavy atom. The fraction of sp³-hybridized carbons (Fsp3) is 0.688. The molecule has 1 aliphatic rings. The number of hydrogen-bond acceptors (Lipinski definition) is 0. The molecule has 0 N–H and O–H groups in total. The first kappa shape index (κ1) is 26.9. The molecule has 0 heteroatoms. The topological polar surface area (TPSA) is 0 Å². The molecule has 0 aliphatic heterocycles. The highest BCUT2D eigenvalue weighted by Crippen LogP contribution is 2.47. The molecule has 0 nitrogen and oxygen atoms in total. The third-order valence-electron chi connectivity index (χ3n) is 9.28. The van der Waals surface area contributed by atoms with Crippen molar-refractivity contribution in [2.45, 2.75) is 132 Å². The zero-order valence-corrected chi connectivity index (χ0v) is 23.5. The van der Waals surface area contributed by atoms with E-state index in [0.717, 1.165) is 19.3 Å². The SMILES string of the molecule is CCC(C)(C)C1=CC(c2cc(C(C)(C)CC)cc(C(C)(C)CC)c2)CC(C(C)(C)CC)=C1. The van der Waals surface area contributed by atoms with E-state index >= 15 is 0 Å². The maximum atomic E-state index is 2.61. The van der Waals surface area contributed by atoms with Gasteiger partial charge in [-0.15, -0.1) is 0 Å². The van der Waals surface area contributed by atoms with Gasteiger partial charge >= 0.3 is 0 Å². The predicted octanol–water partition coefficient (Wildman–Crippen LogP) is 10.3. The Bertz CT molecular complexity index is 820. The van der Waals surface area contributed by atoms with Crippen LogP contribution < -0.4 is 0 Å². The van der Waals surface area contributed by atoms with Crippen molar-refractivity contribution >= 4 is 0 Å². The third kappa shape index (κ3) is 5.60. The van der Waals surface area contributed by atoms with Gasteiger partial charge in [0, 0.05) is 5.92 Å². The van der Waals surface area contributed by atoms with Crippen LogP contribution in [0.5, 0.6) is 0 Å². The standard InChI is InChI=1S/C32H52/c1-13-29(5,6)25-17-23(18-26(21-25)30(7,8)14-2)24-19-27(31(9,10)15-3)22-28(20-24)32(11,12)16-4/h17-19,21-22,24H,13-16,20H2,1-12H3. The molecule has 2 rings (SSSR count). The molecule has 1 aromatic carbocycles. The van der Waals surface area contributed by atoms with Crippen LogP contribution in [0.2, 0.25) is 0 Å². The molecule has 0 heterocycles. The zero-order chi connectivity index (χ0) is 24.5. The van der Waals surface area contributed by atoms with E-state index in [2.05, 4.69) is 113 Å². The van der Waals surface area contributed by atoms with Crippen LogP contribution in [-0.4, -0.2) is 0 Å². The minimum Gasteiger partial charge on any atom is -0.0729 e. The van der Waals surface area contributed by atoms with Crippen molar-refractivity contribution in [3.8, 4) is 0 Å². The van der Waals surface area contributed by atoms with Gasteiger partial charge in [-0.1, -0.05) is 119 Å². The van der Waals surface area contributed by atoms with Gasteiger partial charge in [-0.3, -0.25) is 0 Å². The van der Waals surface area contributed by atoms with Gasteiger partial charge in [-0.25, -0.2) is 0 Å². The molecule has 1 aliphatic carbocycles. The Kier molecular flexibility index (Phi) is 8.01. The van der Waals surface area contributed by atoms with Crippen LogP contribution >= 0.6 is 0 Å². The molecule has 1 atom stereocenters. The van der Waals surface area contributed by atoms with Crippen molar-refractivity contribution < 1.29 is 0 Å². The van der Waals surface area contributed by atoms with Gasteiger partial charge in [0.25, 0.3) is 0 Å². The average Bonchev–Trinajstić information content (AvgIpc) is 2.78. The van der Waals surface area contributed by atoms with Crippen LogP contribution in [-0.2, 0) is 10.8 Å². The second kappa shape index (κ2) is 9.52. The van der Waals surface area contributed by atoms with E-state index in [9.17, 15) is 0 Å². The molecule has 0 amide bonds. The van der Waals surface area contributed by atoms with E-state index in [1.165, 1.54) is 35.1 Å².